The van der Waals surface area contributed by atoms with Gasteiger partial charge >= 0.3 is 0 Å². The van der Waals surface area contributed by atoms with Crippen molar-refractivity contribution in [3.05, 3.63) is 57.1 Å². The van der Waals surface area contributed by atoms with Gasteiger partial charge < -0.3 is 5.32 Å². The monoisotopic (exact) mass is 358 g/mol. The van der Waals surface area contributed by atoms with Crippen molar-refractivity contribution in [2.75, 3.05) is 11.9 Å². The Labute approximate surface area is 147 Å². The molecule has 1 aliphatic rings. The summed E-state index contributed by atoms with van der Waals surface area (Å²) in [6, 6.07) is 11.1. The van der Waals surface area contributed by atoms with Crippen LogP contribution in [0.4, 0.5) is 10.5 Å². The third-order valence-electron chi connectivity index (χ3n) is 3.29. The Morgan fingerprint density at radius 2 is 2.08 bits per heavy atom. The predicted octanol–water partition coefficient (Wildman–Crippen LogP) is 3.73. The molecule has 0 atom stereocenters. The summed E-state index contributed by atoms with van der Waals surface area (Å²) in [6.45, 7) is 1.63. The standard InChI is InChI=1S/C17H14N2O3S2/c1-11-4-2-5-12(8-11)18-15(20)10-19-16(21)14(24-17(19)22)9-13-6-3-7-23-13/h2-9H,10H2,1H3,(H,18,20). The van der Waals surface area contributed by atoms with Gasteiger partial charge in [-0.3, -0.25) is 19.3 Å². The Balaban J connectivity index is 1.67. The van der Waals surface area contributed by atoms with Crippen LogP contribution < -0.4 is 5.32 Å². The second kappa shape index (κ2) is 7.02. The SMILES string of the molecule is Cc1cccc(NC(=O)CN2C(=O)SC(=Cc3cccs3)C2=O)c1. The van der Waals surface area contributed by atoms with E-state index in [1.165, 1.54) is 11.3 Å². The second-order valence-corrected chi connectivity index (χ2v) is 7.17. The van der Waals surface area contributed by atoms with E-state index >= 15 is 0 Å². The number of carbonyl (C=O) groups excluding carboxylic acids is 3. The number of nitrogens with zero attached hydrogens (tertiary/aromatic N) is 1. The Kier molecular flexibility index (Phi) is 4.82. The molecule has 1 N–H and O–H groups in total. The molecule has 0 aliphatic carbocycles. The van der Waals surface area contributed by atoms with Crippen LogP contribution in [0.25, 0.3) is 6.08 Å². The van der Waals surface area contributed by atoms with Gasteiger partial charge in [-0.2, -0.15) is 0 Å². The molecule has 2 heterocycles. The number of carbonyl (C=O) groups is 3. The maximum atomic E-state index is 12.3. The lowest BCUT2D eigenvalue weighted by molar-refractivity contribution is -0.127. The summed E-state index contributed by atoms with van der Waals surface area (Å²) in [5.74, 6) is -0.835. The van der Waals surface area contributed by atoms with Crippen LogP contribution in [-0.4, -0.2) is 28.5 Å². The van der Waals surface area contributed by atoms with E-state index in [0.29, 0.717) is 10.6 Å². The van der Waals surface area contributed by atoms with Gasteiger partial charge in [0.2, 0.25) is 5.91 Å². The van der Waals surface area contributed by atoms with Gasteiger partial charge in [0, 0.05) is 10.6 Å². The molecule has 0 radical (unpaired) electrons. The van der Waals surface area contributed by atoms with Crippen molar-refractivity contribution in [1.82, 2.24) is 4.90 Å². The molecule has 1 aliphatic heterocycles. The number of hydrogen-bond acceptors (Lipinski definition) is 5. The van der Waals surface area contributed by atoms with Crippen LogP contribution in [0.3, 0.4) is 0 Å². The maximum absolute atomic E-state index is 12.3. The second-order valence-electron chi connectivity index (χ2n) is 5.20. The molecule has 0 spiro atoms. The zero-order valence-corrected chi connectivity index (χ0v) is 14.4. The molecule has 0 saturated carbocycles. The molecule has 122 valence electrons. The molecule has 0 unspecified atom stereocenters. The molecule has 1 fully saturated rings. The predicted molar refractivity (Wildman–Crippen MR) is 96.8 cm³/mol. The number of nitrogens with one attached hydrogen (secondary N) is 1. The molecule has 0 bridgehead atoms. The van der Waals surface area contributed by atoms with Crippen LogP contribution in [0.15, 0.2) is 46.7 Å². The van der Waals surface area contributed by atoms with Gasteiger partial charge in [-0.1, -0.05) is 18.2 Å². The molecule has 24 heavy (non-hydrogen) atoms. The summed E-state index contributed by atoms with van der Waals surface area (Å²) in [5.41, 5.74) is 1.65. The van der Waals surface area contributed by atoms with E-state index in [1.54, 1.807) is 12.1 Å². The first kappa shape index (κ1) is 16.5. The number of hydrogen-bond donors (Lipinski definition) is 1. The first-order chi connectivity index (χ1) is 11.5. The van der Waals surface area contributed by atoms with Crippen molar-refractivity contribution in [3.8, 4) is 0 Å². The summed E-state index contributed by atoms with van der Waals surface area (Å²) in [4.78, 5) is 38.7. The average molecular weight is 358 g/mol. The van der Waals surface area contributed by atoms with Crippen LogP contribution in [0.2, 0.25) is 0 Å². The Hall–Kier alpha value is -2.38. The fraction of sp³-hybridized carbons (Fsp3) is 0.118. The molecule has 1 saturated heterocycles. The zero-order valence-electron chi connectivity index (χ0n) is 12.8. The zero-order chi connectivity index (χ0) is 17.1. The lowest BCUT2D eigenvalue weighted by Gasteiger charge is -2.12. The van der Waals surface area contributed by atoms with Crippen molar-refractivity contribution in [3.63, 3.8) is 0 Å². The van der Waals surface area contributed by atoms with Gasteiger partial charge in [0.15, 0.2) is 0 Å². The van der Waals surface area contributed by atoms with E-state index in [1.807, 2.05) is 42.6 Å². The summed E-state index contributed by atoms with van der Waals surface area (Å²) >= 11 is 2.34. The van der Waals surface area contributed by atoms with Crippen LogP contribution in [-0.2, 0) is 9.59 Å². The van der Waals surface area contributed by atoms with E-state index in [4.69, 9.17) is 0 Å². The van der Waals surface area contributed by atoms with Crippen LogP contribution in [0, 0.1) is 6.92 Å². The largest absolute Gasteiger partial charge is 0.325 e. The van der Waals surface area contributed by atoms with E-state index in [2.05, 4.69) is 5.32 Å². The van der Waals surface area contributed by atoms with E-state index in [-0.39, 0.29) is 6.54 Å². The van der Waals surface area contributed by atoms with Crippen molar-refractivity contribution in [2.45, 2.75) is 6.92 Å². The molecule has 5 nitrogen and oxygen atoms in total. The van der Waals surface area contributed by atoms with Crippen LogP contribution in [0.1, 0.15) is 10.4 Å². The van der Waals surface area contributed by atoms with Gasteiger partial charge in [0.25, 0.3) is 11.1 Å². The van der Waals surface area contributed by atoms with Gasteiger partial charge in [0.05, 0.1) is 4.91 Å². The number of benzene rings is 1. The van der Waals surface area contributed by atoms with E-state index < -0.39 is 17.1 Å². The molecule has 3 rings (SSSR count). The fourth-order valence-electron chi connectivity index (χ4n) is 2.21. The molecular formula is C17H14N2O3S2. The molecule has 2 aromatic rings. The number of amides is 3. The summed E-state index contributed by atoms with van der Waals surface area (Å²) in [7, 11) is 0. The number of thioether (sulfide) groups is 1. The Bertz CT molecular complexity index is 828. The first-order valence-electron chi connectivity index (χ1n) is 7.18. The third kappa shape index (κ3) is 3.74. The highest BCUT2D eigenvalue weighted by Gasteiger charge is 2.36. The summed E-state index contributed by atoms with van der Waals surface area (Å²) < 4.78 is 0. The number of imide groups is 1. The van der Waals surface area contributed by atoms with Gasteiger partial charge in [-0.15, -0.1) is 11.3 Å². The minimum Gasteiger partial charge on any atom is -0.325 e. The van der Waals surface area contributed by atoms with Crippen molar-refractivity contribution >= 4 is 51.9 Å². The van der Waals surface area contributed by atoms with E-state index in [9.17, 15) is 14.4 Å². The average Bonchev–Trinajstić information content (AvgIpc) is 3.12. The minimum absolute atomic E-state index is 0.291. The van der Waals surface area contributed by atoms with Gasteiger partial charge in [-0.25, -0.2) is 0 Å². The molecular weight excluding hydrogens is 344 g/mol. The highest BCUT2D eigenvalue weighted by molar-refractivity contribution is 8.18. The number of anilines is 1. The first-order valence-corrected chi connectivity index (χ1v) is 8.88. The van der Waals surface area contributed by atoms with Crippen molar-refractivity contribution in [1.29, 1.82) is 0 Å². The Morgan fingerprint density at radius 1 is 1.25 bits per heavy atom. The third-order valence-corrected chi connectivity index (χ3v) is 5.02. The highest BCUT2D eigenvalue weighted by atomic mass is 32.2. The van der Waals surface area contributed by atoms with Gasteiger partial charge in [-0.05, 0) is 53.9 Å². The molecule has 3 amide bonds. The summed E-state index contributed by atoms with van der Waals surface area (Å²) in [6.07, 6.45) is 1.67. The van der Waals surface area contributed by atoms with Crippen LogP contribution in [0.5, 0.6) is 0 Å². The molecule has 1 aromatic heterocycles. The van der Waals surface area contributed by atoms with Crippen LogP contribution >= 0.6 is 23.1 Å². The fourth-order valence-corrected chi connectivity index (χ4v) is 3.77. The minimum atomic E-state index is -0.433. The normalized spacial score (nSPS) is 16.0. The molecule has 7 heteroatoms. The topological polar surface area (TPSA) is 66.5 Å². The smallest absolute Gasteiger partial charge is 0.294 e. The van der Waals surface area contributed by atoms with Crippen molar-refractivity contribution in [2.24, 2.45) is 0 Å². The lowest BCUT2D eigenvalue weighted by atomic mass is 10.2. The van der Waals surface area contributed by atoms with E-state index in [0.717, 1.165) is 27.1 Å². The molecule has 1 aromatic carbocycles. The quantitative estimate of drug-likeness (QED) is 0.846. The number of aryl methyl sites for hydroxylation is 1. The maximum Gasteiger partial charge on any atom is 0.294 e. The highest BCUT2D eigenvalue weighted by Crippen LogP contribution is 2.32. The summed E-state index contributed by atoms with van der Waals surface area (Å²) in [5, 5.41) is 4.17. The number of thiophene rings is 1. The lowest BCUT2D eigenvalue weighted by Crippen LogP contribution is -2.36. The number of rotatable bonds is 4. The van der Waals surface area contributed by atoms with Crippen molar-refractivity contribution < 1.29 is 14.4 Å². The Morgan fingerprint density at radius 3 is 2.79 bits per heavy atom. The van der Waals surface area contributed by atoms with Gasteiger partial charge in [0.1, 0.15) is 6.54 Å².